The summed E-state index contributed by atoms with van der Waals surface area (Å²) in [5.41, 5.74) is 2.42. The van der Waals surface area contributed by atoms with Gasteiger partial charge >= 0.3 is 0 Å². The van der Waals surface area contributed by atoms with Gasteiger partial charge in [-0.25, -0.2) is 0 Å². The van der Waals surface area contributed by atoms with Crippen molar-refractivity contribution >= 4 is 5.69 Å². The first-order valence-electron chi connectivity index (χ1n) is 7.25. The maximum atomic E-state index is 4.60. The Labute approximate surface area is 111 Å². The fourth-order valence-electron chi connectivity index (χ4n) is 2.58. The molecule has 18 heavy (non-hydrogen) atoms. The predicted molar refractivity (Wildman–Crippen MR) is 77.0 cm³/mol. The lowest BCUT2D eigenvalue weighted by atomic mass is 10.2. The van der Waals surface area contributed by atoms with Crippen LogP contribution in [-0.4, -0.2) is 24.6 Å². The third kappa shape index (κ3) is 3.45. The normalized spacial score (nSPS) is 18.4. The van der Waals surface area contributed by atoms with Gasteiger partial charge in [0, 0.05) is 19.1 Å². The van der Waals surface area contributed by atoms with Crippen LogP contribution < -0.4 is 10.2 Å². The van der Waals surface area contributed by atoms with Crippen molar-refractivity contribution in [1.82, 2.24) is 10.3 Å². The quantitative estimate of drug-likeness (QED) is 0.886. The molecule has 2 rings (SSSR count). The van der Waals surface area contributed by atoms with Crippen molar-refractivity contribution in [3.8, 4) is 0 Å². The van der Waals surface area contributed by atoms with Crippen LogP contribution in [0.1, 0.15) is 51.3 Å². The smallest absolute Gasteiger partial charge is 0.0572 e. The van der Waals surface area contributed by atoms with Gasteiger partial charge in [-0.15, -0.1) is 0 Å². The molecule has 1 atom stereocenters. The zero-order chi connectivity index (χ0) is 12.8. The van der Waals surface area contributed by atoms with Crippen LogP contribution in [0.2, 0.25) is 0 Å². The average Bonchev–Trinajstić information content (AvgIpc) is 2.68. The molecule has 0 bridgehead atoms. The summed E-state index contributed by atoms with van der Waals surface area (Å²) >= 11 is 0. The molecule has 0 radical (unpaired) electrons. The number of rotatable bonds is 4. The summed E-state index contributed by atoms with van der Waals surface area (Å²) in [7, 11) is 0. The Morgan fingerprint density at radius 1 is 1.22 bits per heavy atom. The Morgan fingerprint density at radius 3 is 2.50 bits per heavy atom. The maximum absolute atomic E-state index is 4.60. The maximum Gasteiger partial charge on any atom is 0.0572 e. The molecular formula is C15H25N3. The van der Waals surface area contributed by atoms with Crippen molar-refractivity contribution < 1.29 is 0 Å². The van der Waals surface area contributed by atoms with Crippen LogP contribution in [0.15, 0.2) is 18.3 Å². The number of nitrogens with one attached hydrogen (secondary N) is 1. The molecule has 1 saturated heterocycles. The summed E-state index contributed by atoms with van der Waals surface area (Å²) in [5.74, 6) is 0. The Morgan fingerprint density at radius 2 is 1.94 bits per heavy atom. The van der Waals surface area contributed by atoms with Crippen LogP contribution in [0, 0.1) is 0 Å². The van der Waals surface area contributed by atoms with E-state index in [1.54, 1.807) is 0 Å². The zero-order valence-electron chi connectivity index (χ0n) is 11.7. The molecule has 1 aromatic rings. The van der Waals surface area contributed by atoms with E-state index in [0.717, 1.165) is 12.2 Å². The number of hydrogen-bond donors (Lipinski definition) is 1. The number of anilines is 1. The van der Waals surface area contributed by atoms with Gasteiger partial charge in [-0.2, -0.15) is 0 Å². The van der Waals surface area contributed by atoms with Gasteiger partial charge in [0.2, 0.25) is 0 Å². The standard InChI is InChI=1S/C15H25N3/c1-3-16-13(2)15-9-8-14(12-17-15)18-10-6-4-5-7-11-18/h8-9,12-13,16H,3-7,10-11H2,1-2H3. The third-order valence-electron chi connectivity index (χ3n) is 3.70. The van der Waals surface area contributed by atoms with Crippen molar-refractivity contribution in [2.45, 2.75) is 45.6 Å². The lowest BCUT2D eigenvalue weighted by molar-refractivity contribution is 0.583. The second-order valence-corrected chi connectivity index (χ2v) is 5.12. The zero-order valence-corrected chi connectivity index (χ0v) is 11.7. The van der Waals surface area contributed by atoms with E-state index in [9.17, 15) is 0 Å². The topological polar surface area (TPSA) is 28.2 Å². The summed E-state index contributed by atoms with van der Waals surface area (Å²) in [6.45, 7) is 7.64. The van der Waals surface area contributed by atoms with E-state index in [-0.39, 0.29) is 0 Å². The first kappa shape index (κ1) is 13.3. The van der Waals surface area contributed by atoms with Gasteiger partial charge in [0.1, 0.15) is 0 Å². The highest BCUT2D eigenvalue weighted by atomic mass is 15.1. The molecule has 2 heterocycles. The Bertz CT molecular complexity index is 339. The van der Waals surface area contributed by atoms with Crippen molar-refractivity contribution in [3.63, 3.8) is 0 Å². The third-order valence-corrected chi connectivity index (χ3v) is 3.70. The minimum absolute atomic E-state index is 0.341. The van der Waals surface area contributed by atoms with Crippen molar-refractivity contribution in [2.24, 2.45) is 0 Å². The van der Waals surface area contributed by atoms with Crippen LogP contribution in [0.5, 0.6) is 0 Å². The Kier molecular flexibility index (Phi) is 5.00. The van der Waals surface area contributed by atoms with Gasteiger partial charge in [-0.3, -0.25) is 4.98 Å². The highest BCUT2D eigenvalue weighted by Gasteiger charge is 2.11. The van der Waals surface area contributed by atoms with Gasteiger partial charge in [0.15, 0.2) is 0 Å². The van der Waals surface area contributed by atoms with E-state index >= 15 is 0 Å². The minimum atomic E-state index is 0.341. The van der Waals surface area contributed by atoms with Crippen molar-refractivity contribution in [2.75, 3.05) is 24.5 Å². The number of aromatic nitrogens is 1. The highest BCUT2D eigenvalue weighted by Crippen LogP contribution is 2.20. The molecule has 0 aliphatic carbocycles. The van der Waals surface area contributed by atoms with E-state index in [2.05, 4.69) is 41.2 Å². The van der Waals surface area contributed by atoms with Crippen molar-refractivity contribution in [3.05, 3.63) is 24.0 Å². The monoisotopic (exact) mass is 247 g/mol. The molecule has 0 aromatic carbocycles. The minimum Gasteiger partial charge on any atom is -0.370 e. The van der Waals surface area contributed by atoms with Crippen LogP contribution >= 0.6 is 0 Å². The lowest BCUT2D eigenvalue weighted by Crippen LogP contribution is -2.24. The lowest BCUT2D eigenvalue weighted by Gasteiger charge is -2.22. The molecule has 1 aromatic heterocycles. The molecule has 0 saturated carbocycles. The number of nitrogens with zero attached hydrogens (tertiary/aromatic N) is 2. The van der Waals surface area contributed by atoms with E-state index in [1.807, 2.05) is 6.20 Å². The molecule has 0 amide bonds. The molecule has 100 valence electrons. The molecule has 1 aliphatic rings. The fraction of sp³-hybridized carbons (Fsp3) is 0.667. The predicted octanol–water partition coefficient (Wildman–Crippen LogP) is 3.13. The van der Waals surface area contributed by atoms with Gasteiger partial charge in [-0.1, -0.05) is 19.8 Å². The molecule has 3 nitrogen and oxygen atoms in total. The van der Waals surface area contributed by atoms with Crippen LogP contribution in [0.4, 0.5) is 5.69 Å². The largest absolute Gasteiger partial charge is 0.370 e. The summed E-state index contributed by atoms with van der Waals surface area (Å²) in [4.78, 5) is 7.07. The first-order valence-corrected chi connectivity index (χ1v) is 7.25. The van der Waals surface area contributed by atoms with E-state index in [1.165, 1.54) is 44.5 Å². The summed E-state index contributed by atoms with van der Waals surface area (Å²) in [6.07, 6.45) is 7.42. The molecule has 0 spiro atoms. The van der Waals surface area contributed by atoms with Crippen LogP contribution in [-0.2, 0) is 0 Å². The second kappa shape index (κ2) is 6.74. The van der Waals surface area contributed by atoms with E-state index in [4.69, 9.17) is 0 Å². The SMILES string of the molecule is CCNC(C)c1ccc(N2CCCCCC2)cn1. The molecule has 1 unspecified atom stereocenters. The second-order valence-electron chi connectivity index (χ2n) is 5.12. The molecule has 3 heteroatoms. The fourth-order valence-corrected chi connectivity index (χ4v) is 2.58. The number of pyridine rings is 1. The molecule has 1 aliphatic heterocycles. The molecule has 1 fully saturated rings. The van der Waals surface area contributed by atoms with Crippen molar-refractivity contribution in [1.29, 1.82) is 0 Å². The Hall–Kier alpha value is -1.09. The van der Waals surface area contributed by atoms with Crippen LogP contribution in [0.3, 0.4) is 0 Å². The summed E-state index contributed by atoms with van der Waals surface area (Å²) in [5, 5.41) is 3.39. The van der Waals surface area contributed by atoms with Gasteiger partial charge in [0.25, 0.3) is 0 Å². The van der Waals surface area contributed by atoms with Crippen LogP contribution in [0.25, 0.3) is 0 Å². The van der Waals surface area contributed by atoms with E-state index in [0.29, 0.717) is 6.04 Å². The summed E-state index contributed by atoms with van der Waals surface area (Å²) in [6, 6.07) is 4.72. The molecular weight excluding hydrogens is 222 g/mol. The van der Waals surface area contributed by atoms with Gasteiger partial charge < -0.3 is 10.2 Å². The molecule has 1 N–H and O–H groups in total. The van der Waals surface area contributed by atoms with Gasteiger partial charge in [-0.05, 0) is 38.4 Å². The summed E-state index contributed by atoms with van der Waals surface area (Å²) < 4.78 is 0. The van der Waals surface area contributed by atoms with E-state index < -0.39 is 0 Å². The number of hydrogen-bond acceptors (Lipinski definition) is 3. The average molecular weight is 247 g/mol. The first-order chi connectivity index (χ1) is 8.81. The van der Waals surface area contributed by atoms with Gasteiger partial charge in [0.05, 0.1) is 17.6 Å². The Balaban J connectivity index is 2.01. The highest BCUT2D eigenvalue weighted by molar-refractivity contribution is 5.44.